The quantitative estimate of drug-likeness (QED) is 0.907. The highest BCUT2D eigenvalue weighted by Crippen LogP contribution is 2.31. The zero-order chi connectivity index (χ0) is 15.5. The third-order valence-corrected chi connectivity index (χ3v) is 4.36. The van der Waals surface area contributed by atoms with E-state index in [1.54, 1.807) is 17.3 Å². The molecule has 1 unspecified atom stereocenters. The van der Waals surface area contributed by atoms with Gasteiger partial charge in [-0.3, -0.25) is 10.4 Å². The molecule has 7 nitrogen and oxygen atoms in total. The maximum atomic E-state index is 12.5. The van der Waals surface area contributed by atoms with Crippen LogP contribution in [-0.2, 0) is 0 Å². The first kappa shape index (κ1) is 14.8. The number of carbonyl (C=O) groups excluding carboxylic acids is 1. The van der Waals surface area contributed by atoms with E-state index in [4.69, 9.17) is 0 Å². The van der Waals surface area contributed by atoms with Gasteiger partial charge >= 0.3 is 6.03 Å². The van der Waals surface area contributed by atoms with E-state index in [0.717, 1.165) is 24.8 Å². The van der Waals surface area contributed by atoms with Crippen molar-refractivity contribution >= 4 is 22.5 Å². The van der Waals surface area contributed by atoms with Crippen LogP contribution in [-0.4, -0.2) is 37.9 Å². The van der Waals surface area contributed by atoms with Gasteiger partial charge in [-0.05, 0) is 19.3 Å². The maximum absolute atomic E-state index is 12.5. The Balaban J connectivity index is 1.71. The van der Waals surface area contributed by atoms with Gasteiger partial charge in [0.2, 0.25) is 5.13 Å². The monoisotopic (exact) mass is 328 g/mol. The molecule has 0 aliphatic carbocycles. The van der Waals surface area contributed by atoms with Crippen molar-refractivity contribution in [3.05, 3.63) is 23.0 Å². The van der Waals surface area contributed by atoms with Crippen molar-refractivity contribution in [1.82, 2.24) is 25.3 Å². The second kappa shape index (κ2) is 6.34. The van der Waals surface area contributed by atoms with Crippen molar-refractivity contribution in [2.24, 2.45) is 0 Å². The molecule has 22 heavy (non-hydrogen) atoms. The average molecular weight is 328 g/mol. The van der Waals surface area contributed by atoms with Crippen LogP contribution in [0.2, 0.25) is 0 Å². The Hall–Kier alpha value is -2.10. The van der Waals surface area contributed by atoms with E-state index < -0.39 is 11.4 Å². The number of hydrogen-bond donors (Lipinski definition) is 2. The Kier molecular flexibility index (Phi) is 4.27. The molecule has 2 N–H and O–H groups in total. The minimum absolute atomic E-state index is 0.0741. The van der Waals surface area contributed by atoms with E-state index in [2.05, 4.69) is 25.7 Å². The molecule has 118 valence electrons. The fourth-order valence-corrected chi connectivity index (χ4v) is 3.09. The van der Waals surface area contributed by atoms with E-state index in [-0.39, 0.29) is 17.2 Å². The average Bonchev–Trinajstić information content (AvgIpc) is 3.18. The third-order valence-electron chi connectivity index (χ3n) is 3.51. The van der Waals surface area contributed by atoms with Crippen molar-refractivity contribution in [3.8, 4) is 0 Å². The van der Waals surface area contributed by atoms with E-state index in [0.29, 0.717) is 17.9 Å². The summed E-state index contributed by atoms with van der Waals surface area (Å²) in [5.41, 5.74) is 0.931. The van der Waals surface area contributed by atoms with Gasteiger partial charge in [0.25, 0.3) is 6.43 Å². The number of H-pyrrole nitrogens is 1. The number of nitrogens with zero attached hydrogens (tertiary/aromatic N) is 4. The summed E-state index contributed by atoms with van der Waals surface area (Å²) in [5, 5.41) is 15.8. The van der Waals surface area contributed by atoms with Crippen LogP contribution in [0, 0.1) is 0 Å². The van der Waals surface area contributed by atoms with Crippen molar-refractivity contribution in [3.63, 3.8) is 0 Å². The third kappa shape index (κ3) is 3.06. The molecule has 1 saturated heterocycles. The molecule has 1 fully saturated rings. The van der Waals surface area contributed by atoms with Crippen LogP contribution in [0.3, 0.4) is 0 Å². The van der Waals surface area contributed by atoms with Crippen molar-refractivity contribution in [2.75, 3.05) is 11.9 Å². The molecule has 1 atom stereocenters. The van der Waals surface area contributed by atoms with Gasteiger partial charge in [0.15, 0.2) is 5.01 Å². The van der Waals surface area contributed by atoms with Crippen molar-refractivity contribution in [2.45, 2.75) is 31.7 Å². The summed E-state index contributed by atoms with van der Waals surface area (Å²) in [4.78, 5) is 14.1. The fraction of sp³-hybridized carbons (Fsp3) is 0.500. The van der Waals surface area contributed by atoms with Gasteiger partial charge in [-0.1, -0.05) is 11.3 Å². The number of anilines is 1. The van der Waals surface area contributed by atoms with Gasteiger partial charge in [0.1, 0.15) is 0 Å². The predicted molar refractivity (Wildman–Crippen MR) is 75.8 cm³/mol. The number of aromatic amines is 1. The van der Waals surface area contributed by atoms with E-state index in [1.807, 2.05) is 0 Å². The molecule has 2 aromatic heterocycles. The predicted octanol–water partition coefficient (Wildman–Crippen LogP) is 2.96. The van der Waals surface area contributed by atoms with Gasteiger partial charge in [-0.25, -0.2) is 13.6 Å². The minimum Gasteiger partial charge on any atom is -0.317 e. The number of piperidine rings is 1. The Bertz CT molecular complexity index is 631. The number of amides is 2. The lowest BCUT2D eigenvalue weighted by molar-refractivity contribution is 0.150. The molecule has 2 amide bonds. The second-order valence-corrected chi connectivity index (χ2v) is 5.92. The Labute approximate surface area is 128 Å². The smallest absolute Gasteiger partial charge is 0.317 e. The van der Waals surface area contributed by atoms with Gasteiger partial charge in [-0.15, -0.1) is 10.2 Å². The summed E-state index contributed by atoms with van der Waals surface area (Å²) >= 11 is 0.683. The van der Waals surface area contributed by atoms with E-state index in [9.17, 15) is 13.6 Å². The molecule has 0 radical (unpaired) electrons. The van der Waals surface area contributed by atoms with Crippen LogP contribution in [0.25, 0.3) is 0 Å². The zero-order valence-electron chi connectivity index (χ0n) is 11.5. The first-order chi connectivity index (χ1) is 10.6. The molecule has 0 spiro atoms. The Morgan fingerprint density at radius 3 is 3.00 bits per heavy atom. The number of hydrogen-bond acceptors (Lipinski definition) is 5. The molecule has 3 rings (SSSR count). The van der Waals surface area contributed by atoms with Gasteiger partial charge in [0, 0.05) is 18.3 Å². The fourth-order valence-electron chi connectivity index (χ4n) is 2.50. The summed E-state index contributed by atoms with van der Waals surface area (Å²) in [7, 11) is 0. The highest BCUT2D eigenvalue weighted by molar-refractivity contribution is 7.15. The summed E-state index contributed by atoms with van der Waals surface area (Å²) in [5.74, 6) is 0. The van der Waals surface area contributed by atoms with Gasteiger partial charge in [0.05, 0.1) is 12.2 Å². The molecule has 0 bridgehead atoms. The topological polar surface area (TPSA) is 86.8 Å². The number of halogens is 2. The number of carbonyl (C=O) groups is 1. The molecule has 0 aromatic carbocycles. The standard InChI is InChI=1S/C12H14F2N6OS/c13-9(14)10-18-19-11(22-10)17-12(21)20-4-2-1-3-8(20)7-5-15-16-6-7/h5-6,8-9H,1-4H2,(H,15,16)(H,17,19,21). The highest BCUT2D eigenvalue weighted by atomic mass is 32.1. The number of aromatic nitrogens is 4. The van der Waals surface area contributed by atoms with Crippen LogP contribution >= 0.6 is 11.3 Å². The molecule has 1 aliphatic rings. The van der Waals surface area contributed by atoms with Crippen molar-refractivity contribution < 1.29 is 13.6 Å². The lowest BCUT2D eigenvalue weighted by atomic mass is 9.98. The second-order valence-electron chi connectivity index (χ2n) is 4.91. The zero-order valence-corrected chi connectivity index (χ0v) is 12.3. The highest BCUT2D eigenvalue weighted by Gasteiger charge is 2.29. The van der Waals surface area contributed by atoms with E-state index in [1.165, 1.54) is 0 Å². The first-order valence-corrected chi connectivity index (χ1v) is 7.64. The first-order valence-electron chi connectivity index (χ1n) is 6.83. The number of alkyl halides is 2. The van der Waals surface area contributed by atoms with Crippen LogP contribution in [0.4, 0.5) is 18.7 Å². The Morgan fingerprint density at radius 2 is 2.32 bits per heavy atom. The minimum atomic E-state index is -2.68. The largest absolute Gasteiger partial charge is 0.324 e. The van der Waals surface area contributed by atoms with Crippen LogP contribution in [0.1, 0.15) is 42.3 Å². The van der Waals surface area contributed by atoms with Crippen LogP contribution in [0.5, 0.6) is 0 Å². The number of rotatable bonds is 3. The van der Waals surface area contributed by atoms with Crippen LogP contribution in [0.15, 0.2) is 12.4 Å². The number of likely N-dealkylation sites (tertiary alicyclic amines) is 1. The molecule has 3 heterocycles. The molecular weight excluding hydrogens is 314 g/mol. The van der Waals surface area contributed by atoms with Gasteiger partial charge in [-0.2, -0.15) is 5.10 Å². The van der Waals surface area contributed by atoms with Crippen LogP contribution < -0.4 is 5.32 Å². The lowest BCUT2D eigenvalue weighted by Crippen LogP contribution is -2.41. The molecule has 1 aliphatic heterocycles. The normalized spacial score (nSPS) is 18.7. The summed E-state index contributed by atoms with van der Waals surface area (Å²) in [6.07, 6.45) is 3.53. The lowest BCUT2D eigenvalue weighted by Gasteiger charge is -2.34. The van der Waals surface area contributed by atoms with Crippen molar-refractivity contribution in [1.29, 1.82) is 0 Å². The molecular formula is C12H14F2N6OS. The maximum Gasteiger partial charge on any atom is 0.324 e. The summed E-state index contributed by atoms with van der Waals surface area (Å²) in [6, 6.07) is -0.433. The molecule has 0 saturated carbocycles. The van der Waals surface area contributed by atoms with Gasteiger partial charge < -0.3 is 4.90 Å². The Morgan fingerprint density at radius 1 is 1.45 bits per heavy atom. The SMILES string of the molecule is O=C(Nc1nnc(C(F)F)s1)N1CCCCC1c1cn[nH]c1. The summed E-state index contributed by atoms with van der Waals surface area (Å²) < 4.78 is 25.0. The summed E-state index contributed by atoms with van der Waals surface area (Å²) in [6.45, 7) is 0.599. The number of urea groups is 1. The van der Waals surface area contributed by atoms with E-state index >= 15 is 0 Å². The molecule has 10 heteroatoms. The number of nitrogens with one attached hydrogen (secondary N) is 2. The molecule has 2 aromatic rings.